The van der Waals surface area contributed by atoms with Crippen LogP contribution in [0.2, 0.25) is 5.02 Å². The molecule has 0 aliphatic carbocycles. The monoisotopic (exact) mass is 368 g/mol. The van der Waals surface area contributed by atoms with E-state index in [4.69, 9.17) is 21.1 Å². The van der Waals surface area contributed by atoms with Crippen LogP contribution in [0.25, 0.3) is 0 Å². The zero-order valence-electron chi connectivity index (χ0n) is 13.1. The first-order valence-electron chi connectivity index (χ1n) is 7.38. The van der Waals surface area contributed by atoms with Crippen molar-refractivity contribution in [3.05, 3.63) is 53.2 Å². The van der Waals surface area contributed by atoms with Crippen molar-refractivity contribution in [2.45, 2.75) is 11.0 Å². The fourth-order valence-corrected chi connectivity index (χ4v) is 4.11. The number of ether oxygens (including phenoxy) is 2. The molecule has 0 saturated carbocycles. The van der Waals surface area contributed by atoms with Gasteiger partial charge in [-0.25, -0.2) is 13.4 Å². The van der Waals surface area contributed by atoms with Crippen LogP contribution < -0.4 is 4.74 Å². The summed E-state index contributed by atoms with van der Waals surface area (Å²) in [5.41, 5.74) is 0.857. The Hall–Kier alpha value is -1.67. The largest absolute Gasteiger partial charge is 0.481 e. The predicted octanol–water partition coefficient (Wildman–Crippen LogP) is 2.51. The standard InChI is InChI=1S/C16H17ClN2O4S/c1-22-16-6-5-14(10-18-16)24(20,21)19-7-8-23-15(11-19)12-3-2-4-13(17)9-12/h2-6,9-10,15H,7-8,11H2,1H3. The summed E-state index contributed by atoms with van der Waals surface area (Å²) < 4.78 is 37.7. The highest BCUT2D eigenvalue weighted by Crippen LogP contribution is 2.28. The highest BCUT2D eigenvalue weighted by atomic mass is 35.5. The molecule has 1 saturated heterocycles. The Labute approximate surface area is 146 Å². The van der Waals surface area contributed by atoms with Gasteiger partial charge in [0.15, 0.2) is 0 Å². The molecule has 2 aromatic rings. The van der Waals surface area contributed by atoms with Gasteiger partial charge in [-0.3, -0.25) is 0 Å². The van der Waals surface area contributed by atoms with Crippen LogP contribution in [0.3, 0.4) is 0 Å². The summed E-state index contributed by atoms with van der Waals surface area (Å²) in [4.78, 5) is 4.10. The van der Waals surface area contributed by atoms with Crippen molar-refractivity contribution in [1.82, 2.24) is 9.29 Å². The van der Waals surface area contributed by atoms with Gasteiger partial charge in [-0.05, 0) is 23.8 Å². The highest BCUT2D eigenvalue weighted by Gasteiger charge is 2.31. The minimum atomic E-state index is -3.64. The SMILES string of the molecule is COc1ccc(S(=O)(=O)N2CCOC(c3cccc(Cl)c3)C2)cn1. The van der Waals surface area contributed by atoms with Crippen molar-refractivity contribution < 1.29 is 17.9 Å². The van der Waals surface area contributed by atoms with E-state index in [9.17, 15) is 8.42 Å². The molecule has 2 heterocycles. The van der Waals surface area contributed by atoms with Crippen molar-refractivity contribution in [3.8, 4) is 5.88 Å². The molecule has 6 nitrogen and oxygen atoms in total. The quantitative estimate of drug-likeness (QED) is 0.829. The molecule has 1 aliphatic heterocycles. The third-order valence-electron chi connectivity index (χ3n) is 3.81. The highest BCUT2D eigenvalue weighted by molar-refractivity contribution is 7.89. The summed E-state index contributed by atoms with van der Waals surface area (Å²) >= 11 is 6.01. The maximum Gasteiger partial charge on any atom is 0.244 e. The van der Waals surface area contributed by atoms with E-state index in [1.807, 2.05) is 12.1 Å². The van der Waals surface area contributed by atoms with Gasteiger partial charge in [0.25, 0.3) is 0 Å². The Bertz CT molecular complexity index is 811. The molecule has 0 spiro atoms. The molecule has 8 heteroatoms. The third-order valence-corrected chi connectivity index (χ3v) is 5.89. The number of sulfonamides is 1. The van der Waals surface area contributed by atoms with Gasteiger partial charge in [0, 0.05) is 24.2 Å². The van der Waals surface area contributed by atoms with Gasteiger partial charge in [-0.2, -0.15) is 4.31 Å². The third kappa shape index (κ3) is 3.54. The molecule has 1 unspecified atom stereocenters. The van der Waals surface area contributed by atoms with Gasteiger partial charge in [0.05, 0.1) is 26.0 Å². The Morgan fingerprint density at radius 1 is 1.33 bits per heavy atom. The number of methoxy groups -OCH3 is 1. The molecule has 0 radical (unpaired) electrons. The summed E-state index contributed by atoms with van der Waals surface area (Å²) in [6, 6.07) is 10.3. The summed E-state index contributed by atoms with van der Waals surface area (Å²) in [5.74, 6) is 0.368. The van der Waals surface area contributed by atoms with Gasteiger partial charge in [-0.1, -0.05) is 23.7 Å². The second-order valence-electron chi connectivity index (χ2n) is 5.31. The van der Waals surface area contributed by atoms with E-state index >= 15 is 0 Å². The minimum absolute atomic E-state index is 0.134. The molecule has 1 fully saturated rings. The van der Waals surface area contributed by atoms with E-state index < -0.39 is 10.0 Å². The second-order valence-corrected chi connectivity index (χ2v) is 7.69. The maximum absolute atomic E-state index is 12.8. The number of rotatable bonds is 4. The molecular formula is C16H17ClN2O4S. The van der Waals surface area contributed by atoms with Gasteiger partial charge < -0.3 is 9.47 Å². The molecule has 0 amide bonds. The summed E-state index contributed by atoms with van der Waals surface area (Å²) in [6.45, 7) is 0.847. The lowest BCUT2D eigenvalue weighted by Crippen LogP contribution is -2.42. The summed E-state index contributed by atoms with van der Waals surface area (Å²) in [7, 11) is -2.16. The van der Waals surface area contributed by atoms with Crippen LogP contribution in [0.4, 0.5) is 0 Å². The molecule has 1 atom stereocenters. The van der Waals surface area contributed by atoms with E-state index in [-0.39, 0.29) is 17.5 Å². The lowest BCUT2D eigenvalue weighted by atomic mass is 10.1. The number of pyridine rings is 1. The molecule has 1 aromatic carbocycles. The molecular weight excluding hydrogens is 352 g/mol. The van der Waals surface area contributed by atoms with Gasteiger partial charge >= 0.3 is 0 Å². The number of nitrogens with zero attached hydrogens (tertiary/aromatic N) is 2. The molecule has 3 rings (SSSR count). The molecule has 1 aromatic heterocycles. The Balaban J connectivity index is 1.82. The first-order chi connectivity index (χ1) is 11.5. The fourth-order valence-electron chi connectivity index (χ4n) is 2.54. The van der Waals surface area contributed by atoms with Gasteiger partial charge in [-0.15, -0.1) is 0 Å². The second kappa shape index (κ2) is 7.06. The van der Waals surface area contributed by atoms with E-state index in [1.165, 1.54) is 29.7 Å². The smallest absolute Gasteiger partial charge is 0.244 e. The summed E-state index contributed by atoms with van der Waals surface area (Å²) in [5, 5.41) is 0.593. The molecule has 1 aliphatic rings. The van der Waals surface area contributed by atoms with Crippen LogP contribution in [0.15, 0.2) is 47.5 Å². The number of morpholine rings is 1. The van der Waals surface area contributed by atoms with Gasteiger partial charge in [0.1, 0.15) is 4.90 Å². The molecule has 0 N–H and O–H groups in total. The first kappa shape index (κ1) is 17.2. The molecule has 128 valence electrons. The number of halogens is 1. The fraction of sp³-hybridized carbons (Fsp3) is 0.312. The Morgan fingerprint density at radius 3 is 2.83 bits per heavy atom. The van der Waals surface area contributed by atoms with Crippen molar-refractivity contribution >= 4 is 21.6 Å². The lowest BCUT2D eigenvalue weighted by molar-refractivity contribution is -0.00255. The zero-order chi connectivity index (χ0) is 17.2. The van der Waals surface area contributed by atoms with Crippen LogP contribution in [-0.4, -0.2) is 44.5 Å². The number of hydrogen-bond donors (Lipinski definition) is 0. The van der Waals surface area contributed by atoms with Crippen LogP contribution >= 0.6 is 11.6 Å². The van der Waals surface area contributed by atoms with E-state index in [2.05, 4.69) is 4.98 Å². The van der Waals surface area contributed by atoms with Crippen molar-refractivity contribution in [2.24, 2.45) is 0 Å². The number of benzene rings is 1. The first-order valence-corrected chi connectivity index (χ1v) is 9.20. The van der Waals surface area contributed by atoms with Crippen molar-refractivity contribution in [1.29, 1.82) is 0 Å². The van der Waals surface area contributed by atoms with E-state index in [0.717, 1.165) is 5.56 Å². The molecule has 0 bridgehead atoms. The Kier molecular flexibility index (Phi) is 5.05. The van der Waals surface area contributed by atoms with Crippen molar-refractivity contribution in [2.75, 3.05) is 26.8 Å². The van der Waals surface area contributed by atoms with E-state index in [0.29, 0.717) is 24.1 Å². The van der Waals surface area contributed by atoms with Gasteiger partial charge in [0.2, 0.25) is 15.9 Å². The van der Waals surface area contributed by atoms with Crippen LogP contribution in [0, 0.1) is 0 Å². The average molecular weight is 369 g/mol. The number of hydrogen-bond acceptors (Lipinski definition) is 5. The maximum atomic E-state index is 12.8. The Morgan fingerprint density at radius 2 is 2.17 bits per heavy atom. The van der Waals surface area contributed by atoms with Crippen LogP contribution in [0.5, 0.6) is 5.88 Å². The zero-order valence-corrected chi connectivity index (χ0v) is 14.6. The lowest BCUT2D eigenvalue weighted by Gasteiger charge is -2.32. The van der Waals surface area contributed by atoms with Crippen LogP contribution in [0.1, 0.15) is 11.7 Å². The molecule has 24 heavy (non-hydrogen) atoms. The topological polar surface area (TPSA) is 68.7 Å². The van der Waals surface area contributed by atoms with Crippen LogP contribution in [-0.2, 0) is 14.8 Å². The summed E-state index contributed by atoms with van der Waals surface area (Å²) in [6.07, 6.45) is 0.955. The van der Waals surface area contributed by atoms with E-state index in [1.54, 1.807) is 12.1 Å². The minimum Gasteiger partial charge on any atom is -0.481 e. The normalized spacial score (nSPS) is 19.2. The number of aromatic nitrogens is 1. The predicted molar refractivity (Wildman–Crippen MR) is 89.7 cm³/mol. The van der Waals surface area contributed by atoms with Crippen molar-refractivity contribution in [3.63, 3.8) is 0 Å². The average Bonchev–Trinajstić information content (AvgIpc) is 2.62.